The smallest absolute Gasteiger partial charge is 0.328 e. The van der Waals surface area contributed by atoms with Gasteiger partial charge in [0.15, 0.2) is 5.75 Å². The molecule has 12 nitrogen and oxygen atoms in total. The molecule has 4 rings (SSSR count). The second-order valence-electron chi connectivity index (χ2n) is 9.73. The van der Waals surface area contributed by atoms with Crippen molar-refractivity contribution >= 4 is 35.0 Å². The number of carbonyl (C=O) groups excluding carboxylic acids is 2. The maximum absolute atomic E-state index is 13.4. The van der Waals surface area contributed by atoms with Crippen molar-refractivity contribution in [2.75, 3.05) is 44.4 Å². The van der Waals surface area contributed by atoms with Crippen LogP contribution >= 0.6 is 0 Å². The van der Waals surface area contributed by atoms with Gasteiger partial charge in [0.05, 0.1) is 23.8 Å². The second kappa shape index (κ2) is 11.5. The van der Waals surface area contributed by atoms with Crippen LogP contribution in [0.3, 0.4) is 0 Å². The van der Waals surface area contributed by atoms with E-state index < -0.39 is 34.5 Å². The topological polar surface area (TPSA) is 160 Å². The van der Waals surface area contributed by atoms with Gasteiger partial charge in [-0.2, -0.15) is 0 Å². The number of nitrogens with one attached hydrogen (secondary N) is 2. The van der Waals surface area contributed by atoms with Crippen LogP contribution < -0.4 is 21.5 Å². The van der Waals surface area contributed by atoms with Crippen molar-refractivity contribution in [3.63, 3.8) is 0 Å². The van der Waals surface area contributed by atoms with Gasteiger partial charge in [0.2, 0.25) is 0 Å². The highest BCUT2D eigenvalue weighted by Gasteiger charge is 2.38. The molecule has 0 radical (unpaired) electrons. The molecule has 0 spiro atoms. The normalized spacial score (nSPS) is 15.9. The number of carbonyl (C=O) groups is 3. The van der Waals surface area contributed by atoms with Gasteiger partial charge in [0.25, 0.3) is 16.8 Å². The third-order valence-corrected chi connectivity index (χ3v) is 6.94. The van der Waals surface area contributed by atoms with E-state index in [9.17, 15) is 34.2 Å². The third-order valence-electron chi connectivity index (χ3n) is 6.94. The fourth-order valence-corrected chi connectivity index (χ4v) is 4.73. The zero-order valence-electron chi connectivity index (χ0n) is 22.4. The van der Waals surface area contributed by atoms with E-state index in [1.165, 1.54) is 28.0 Å². The summed E-state index contributed by atoms with van der Waals surface area (Å²) in [5, 5.41) is 26.6. The lowest BCUT2D eigenvalue weighted by atomic mass is 10.0. The summed E-state index contributed by atoms with van der Waals surface area (Å²) >= 11 is 0. The zero-order chi connectivity index (χ0) is 29.1. The Morgan fingerprint density at radius 3 is 2.30 bits per heavy atom. The zero-order valence-corrected chi connectivity index (χ0v) is 22.4. The van der Waals surface area contributed by atoms with Crippen LogP contribution in [0.15, 0.2) is 58.1 Å². The van der Waals surface area contributed by atoms with E-state index in [1.807, 2.05) is 37.3 Å². The van der Waals surface area contributed by atoms with Crippen LogP contribution in [0.4, 0.5) is 21.9 Å². The first-order chi connectivity index (χ1) is 19.0. The highest BCUT2D eigenvalue weighted by atomic mass is 16.4. The van der Waals surface area contributed by atoms with Gasteiger partial charge < -0.3 is 35.5 Å². The van der Waals surface area contributed by atoms with Crippen molar-refractivity contribution in [3.8, 4) is 5.75 Å². The molecular weight excluding hydrogens is 518 g/mol. The number of amides is 3. The van der Waals surface area contributed by atoms with Crippen molar-refractivity contribution in [3.05, 3.63) is 80.1 Å². The minimum atomic E-state index is -1.32. The summed E-state index contributed by atoms with van der Waals surface area (Å²) in [5.74, 6) is -2.54. The number of carboxylic acid groups (broad SMARTS) is 1. The van der Waals surface area contributed by atoms with Crippen LogP contribution in [0.1, 0.15) is 35.3 Å². The number of benzene rings is 2. The molecule has 0 saturated carbocycles. The molecule has 2 atom stereocenters. The quantitative estimate of drug-likeness (QED) is 0.244. The predicted molar refractivity (Wildman–Crippen MR) is 149 cm³/mol. The Morgan fingerprint density at radius 1 is 1.00 bits per heavy atom. The molecule has 3 aromatic carbocycles. The van der Waals surface area contributed by atoms with Crippen molar-refractivity contribution < 1.29 is 24.6 Å². The number of para-hydroxylation sites is 1. The fraction of sp³-hybridized carbons (Fsp3) is 0.321. The summed E-state index contributed by atoms with van der Waals surface area (Å²) in [6.07, 6.45) is 0.635. The van der Waals surface area contributed by atoms with Gasteiger partial charge in [-0.25, -0.2) is 9.59 Å². The van der Waals surface area contributed by atoms with Gasteiger partial charge in [0.1, 0.15) is 17.4 Å². The first kappa shape index (κ1) is 28.1. The van der Waals surface area contributed by atoms with E-state index >= 15 is 0 Å². The first-order valence-electron chi connectivity index (χ1n) is 12.8. The number of hydrogen-bond donors (Lipinski definition) is 4. The van der Waals surface area contributed by atoms with Gasteiger partial charge in [-0.15, -0.1) is 0 Å². The molecule has 12 heteroatoms. The van der Waals surface area contributed by atoms with E-state index in [-0.39, 0.29) is 54.3 Å². The molecule has 1 aliphatic rings. The van der Waals surface area contributed by atoms with E-state index in [0.717, 1.165) is 10.5 Å². The Balaban J connectivity index is 1.57. The molecule has 0 aromatic heterocycles. The van der Waals surface area contributed by atoms with E-state index in [2.05, 4.69) is 10.6 Å². The summed E-state index contributed by atoms with van der Waals surface area (Å²) in [6.45, 7) is 1.78. The maximum Gasteiger partial charge on any atom is 0.328 e. The molecule has 3 aromatic rings. The van der Waals surface area contributed by atoms with Gasteiger partial charge in [-0.05, 0) is 24.1 Å². The summed E-state index contributed by atoms with van der Waals surface area (Å²) in [7, 11) is 3.10. The van der Waals surface area contributed by atoms with Crippen molar-refractivity contribution in [1.29, 1.82) is 0 Å². The van der Waals surface area contributed by atoms with Crippen LogP contribution in [0.25, 0.3) is 0 Å². The lowest BCUT2D eigenvalue weighted by Crippen LogP contribution is -2.60. The predicted octanol–water partition coefficient (Wildman–Crippen LogP) is 2.19. The van der Waals surface area contributed by atoms with Crippen molar-refractivity contribution in [1.82, 2.24) is 14.7 Å². The van der Waals surface area contributed by atoms with E-state index in [4.69, 9.17) is 0 Å². The first-order valence-corrected chi connectivity index (χ1v) is 12.8. The molecule has 210 valence electrons. The molecule has 3 amide bonds. The summed E-state index contributed by atoms with van der Waals surface area (Å²) in [6, 6.07) is 11.7. The summed E-state index contributed by atoms with van der Waals surface area (Å²) in [4.78, 5) is 66.4. The van der Waals surface area contributed by atoms with Gasteiger partial charge >= 0.3 is 12.0 Å². The van der Waals surface area contributed by atoms with Gasteiger partial charge in [0, 0.05) is 27.2 Å². The van der Waals surface area contributed by atoms with Gasteiger partial charge in [-0.3, -0.25) is 14.4 Å². The number of phenolic OH excluding ortho intramolecular Hbond substituents is 1. The Morgan fingerprint density at radius 2 is 1.68 bits per heavy atom. The molecule has 1 heterocycles. The molecule has 1 fully saturated rings. The lowest BCUT2D eigenvalue weighted by molar-refractivity contribution is -0.144. The van der Waals surface area contributed by atoms with Gasteiger partial charge in [-0.1, -0.05) is 43.3 Å². The standard InChI is InChI=1S/C28H31N5O7/c1-4-18(16-9-6-5-7-10-16)29-21-22(25(36)24(21)35)30-19-12-8-11-17(23(19)34)26(37)33-14-13-32(28(40)31(2)3)15-20(33)27(38)39/h5-12,18,20,29-30,34H,4,13-15H2,1-3H3,(H,38,39). The summed E-state index contributed by atoms with van der Waals surface area (Å²) in [5.41, 5.74) is -0.690. The number of phenols is 1. The minimum absolute atomic E-state index is 0.00190. The van der Waals surface area contributed by atoms with Crippen LogP contribution in [-0.4, -0.2) is 82.6 Å². The minimum Gasteiger partial charge on any atom is -0.505 e. The van der Waals surface area contributed by atoms with Crippen molar-refractivity contribution in [2.24, 2.45) is 0 Å². The largest absolute Gasteiger partial charge is 0.505 e. The number of carboxylic acids is 1. The number of hydrogen-bond acceptors (Lipinski definition) is 8. The monoisotopic (exact) mass is 549 g/mol. The lowest BCUT2D eigenvalue weighted by Gasteiger charge is -2.40. The van der Waals surface area contributed by atoms with E-state index in [0.29, 0.717) is 6.42 Å². The second-order valence-corrected chi connectivity index (χ2v) is 9.73. The van der Waals surface area contributed by atoms with Crippen molar-refractivity contribution in [2.45, 2.75) is 25.4 Å². The molecule has 0 aliphatic carbocycles. The Hall–Kier alpha value is -4.87. The number of urea groups is 1. The number of aromatic hydroxyl groups is 1. The Bertz CT molecular complexity index is 1500. The Labute approximate surface area is 230 Å². The molecule has 0 bridgehead atoms. The Kier molecular flexibility index (Phi) is 8.08. The highest BCUT2D eigenvalue weighted by Crippen LogP contribution is 2.34. The molecule has 1 saturated heterocycles. The molecular formula is C28H31N5O7. The van der Waals surface area contributed by atoms with Crippen LogP contribution in [0, 0.1) is 0 Å². The molecule has 4 N–H and O–H groups in total. The maximum atomic E-state index is 13.4. The number of piperazine rings is 1. The molecule has 2 unspecified atom stereocenters. The number of nitrogens with zero attached hydrogens (tertiary/aromatic N) is 3. The van der Waals surface area contributed by atoms with Crippen LogP contribution in [0.2, 0.25) is 0 Å². The highest BCUT2D eigenvalue weighted by molar-refractivity contribution is 6.01. The average molecular weight is 550 g/mol. The number of rotatable bonds is 8. The van der Waals surface area contributed by atoms with Crippen LogP contribution in [0.5, 0.6) is 5.75 Å². The number of anilines is 3. The summed E-state index contributed by atoms with van der Waals surface area (Å²) < 4.78 is 0. The van der Waals surface area contributed by atoms with E-state index in [1.54, 1.807) is 14.1 Å². The molecule has 40 heavy (non-hydrogen) atoms. The number of aliphatic carboxylic acids is 1. The SMILES string of the molecule is CCC(Nc1c(Nc2cccc(C(=O)N3CCN(C(=O)N(C)C)CC3C(=O)O)c2O)c(=O)c1=O)c1ccccc1. The third kappa shape index (κ3) is 5.33. The van der Waals surface area contributed by atoms with Crippen LogP contribution in [-0.2, 0) is 4.79 Å². The average Bonchev–Trinajstić information content (AvgIpc) is 2.96. The fourth-order valence-electron chi connectivity index (χ4n) is 4.73. The molecule has 1 aliphatic heterocycles.